The van der Waals surface area contributed by atoms with Crippen LogP contribution < -0.4 is 0 Å². The van der Waals surface area contributed by atoms with E-state index >= 15 is 0 Å². The highest BCUT2D eigenvalue weighted by Gasteiger charge is 2.03. The first-order chi connectivity index (χ1) is 6.84. The molecule has 3 heteroatoms. The third kappa shape index (κ3) is 3.30. The average Bonchev–Trinajstić information content (AvgIpc) is 2.25. The third-order valence-corrected chi connectivity index (χ3v) is 1.49. The maximum Gasteiger partial charge on any atom is 0.339 e. The van der Waals surface area contributed by atoms with Gasteiger partial charge in [0.2, 0.25) is 0 Å². The number of hydrogen-bond donors (Lipinski definition) is 1. The molecule has 0 aliphatic carbocycles. The topological polar surface area (TPSA) is 46.5 Å². The lowest BCUT2D eigenvalue weighted by Gasteiger charge is -1.99. The molecular formula is C11H10O3. The molecule has 72 valence electrons. The molecule has 1 aromatic rings. The van der Waals surface area contributed by atoms with Crippen LogP contribution >= 0.6 is 0 Å². The van der Waals surface area contributed by atoms with Gasteiger partial charge in [0.25, 0.3) is 0 Å². The molecule has 0 fully saturated rings. The van der Waals surface area contributed by atoms with Crippen LogP contribution in [-0.2, 0) is 4.74 Å². The highest BCUT2D eigenvalue weighted by molar-refractivity contribution is 5.89. The van der Waals surface area contributed by atoms with Crippen molar-refractivity contribution in [1.82, 2.24) is 0 Å². The molecule has 0 atom stereocenters. The zero-order chi connectivity index (χ0) is 10.2. The van der Waals surface area contributed by atoms with Crippen LogP contribution in [0.4, 0.5) is 0 Å². The first kappa shape index (κ1) is 10.3. The van der Waals surface area contributed by atoms with Crippen LogP contribution in [0.2, 0.25) is 0 Å². The zero-order valence-corrected chi connectivity index (χ0v) is 7.56. The van der Waals surface area contributed by atoms with Crippen molar-refractivity contribution in [3.63, 3.8) is 0 Å². The van der Waals surface area contributed by atoms with Crippen molar-refractivity contribution in [2.45, 2.75) is 0 Å². The summed E-state index contributed by atoms with van der Waals surface area (Å²) in [6.07, 6.45) is 0. The van der Waals surface area contributed by atoms with Crippen LogP contribution in [0.1, 0.15) is 10.4 Å². The van der Waals surface area contributed by atoms with Crippen molar-refractivity contribution >= 4 is 5.97 Å². The Labute approximate surface area is 82.3 Å². The van der Waals surface area contributed by atoms with Gasteiger partial charge in [0.05, 0.1) is 5.56 Å². The molecule has 0 heterocycles. The molecular weight excluding hydrogens is 180 g/mol. The van der Waals surface area contributed by atoms with Crippen LogP contribution in [-0.4, -0.2) is 24.3 Å². The molecule has 3 nitrogen and oxygen atoms in total. The van der Waals surface area contributed by atoms with Gasteiger partial charge in [-0.05, 0) is 12.1 Å². The molecule has 1 rings (SSSR count). The Bertz CT molecular complexity index is 346. The lowest BCUT2D eigenvalue weighted by molar-refractivity contribution is 0.0556. The van der Waals surface area contributed by atoms with Gasteiger partial charge >= 0.3 is 5.97 Å². The van der Waals surface area contributed by atoms with Crippen LogP contribution in [0.5, 0.6) is 0 Å². The lowest BCUT2D eigenvalue weighted by Crippen LogP contribution is -2.04. The van der Waals surface area contributed by atoms with Crippen LogP contribution in [0.15, 0.2) is 30.3 Å². The number of benzene rings is 1. The van der Waals surface area contributed by atoms with E-state index in [0.717, 1.165) is 0 Å². The summed E-state index contributed by atoms with van der Waals surface area (Å²) in [5, 5.41) is 8.33. The van der Waals surface area contributed by atoms with E-state index < -0.39 is 5.97 Å². The number of hydrogen-bond acceptors (Lipinski definition) is 3. The Kier molecular flexibility index (Phi) is 4.25. The van der Waals surface area contributed by atoms with Gasteiger partial charge in [-0.2, -0.15) is 0 Å². The molecule has 0 aliphatic rings. The van der Waals surface area contributed by atoms with Gasteiger partial charge in [-0.1, -0.05) is 30.0 Å². The average molecular weight is 190 g/mol. The summed E-state index contributed by atoms with van der Waals surface area (Å²) >= 11 is 0. The van der Waals surface area contributed by atoms with Crippen molar-refractivity contribution in [2.24, 2.45) is 0 Å². The van der Waals surface area contributed by atoms with E-state index in [2.05, 4.69) is 11.8 Å². The smallest absolute Gasteiger partial charge is 0.339 e. The summed E-state index contributed by atoms with van der Waals surface area (Å²) in [5.41, 5.74) is 0.498. The van der Waals surface area contributed by atoms with Crippen molar-refractivity contribution in [3.8, 4) is 11.8 Å². The molecule has 1 aromatic carbocycles. The normalized spacial score (nSPS) is 8.64. The predicted octanol–water partition coefficient (Wildman–Crippen LogP) is 0.839. The summed E-state index contributed by atoms with van der Waals surface area (Å²) in [5.74, 6) is 4.47. The molecule has 1 N–H and O–H groups in total. The summed E-state index contributed by atoms with van der Waals surface area (Å²) in [4.78, 5) is 11.3. The summed E-state index contributed by atoms with van der Waals surface area (Å²) in [6, 6.07) is 8.68. The second-order valence-electron chi connectivity index (χ2n) is 2.45. The van der Waals surface area contributed by atoms with E-state index in [9.17, 15) is 4.79 Å². The minimum Gasteiger partial charge on any atom is -0.449 e. The molecule has 0 unspecified atom stereocenters. The number of rotatable bonds is 2. The first-order valence-electron chi connectivity index (χ1n) is 4.13. The van der Waals surface area contributed by atoms with Gasteiger partial charge in [-0.25, -0.2) is 4.79 Å². The van der Waals surface area contributed by atoms with Crippen LogP contribution in [0.25, 0.3) is 0 Å². The second kappa shape index (κ2) is 5.79. The quantitative estimate of drug-likeness (QED) is 0.555. The summed E-state index contributed by atoms with van der Waals surface area (Å²) in [7, 11) is 0. The maximum atomic E-state index is 11.3. The van der Waals surface area contributed by atoms with Gasteiger partial charge < -0.3 is 9.84 Å². The monoisotopic (exact) mass is 190 g/mol. The Morgan fingerprint density at radius 3 is 2.64 bits per heavy atom. The fraction of sp³-hybridized carbons (Fsp3) is 0.182. The van der Waals surface area contributed by atoms with E-state index in [-0.39, 0.29) is 13.2 Å². The maximum absolute atomic E-state index is 11.3. The van der Waals surface area contributed by atoms with Crippen molar-refractivity contribution in [1.29, 1.82) is 0 Å². The van der Waals surface area contributed by atoms with E-state index in [4.69, 9.17) is 9.84 Å². The number of ether oxygens (including phenoxy) is 1. The molecule has 14 heavy (non-hydrogen) atoms. The molecule has 0 saturated heterocycles. The Hall–Kier alpha value is -1.79. The number of esters is 1. The molecule has 0 bridgehead atoms. The van der Waals surface area contributed by atoms with E-state index in [1.807, 2.05) is 6.07 Å². The second-order valence-corrected chi connectivity index (χ2v) is 2.45. The Balaban J connectivity index is 2.44. The van der Waals surface area contributed by atoms with Gasteiger partial charge in [-0.3, -0.25) is 0 Å². The fourth-order valence-electron chi connectivity index (χ4n) is 0.866. The Morgan fingerprint density at radius 1 is 1.29 bits per heavy atom. The van der Waals surface area contributed by atoms with E-state index in [1.54, 1.807) is 24.3 Å². The van der Waals surface area contributed by atoms with Crippen molar-refractivity contribution in [3.05, 3.63) is 35.9 Å². The first-order valence-corrected chi connectivity index (χ1v) is 4.13. The minimum absolute atomic E-state index is 0.00822. The Morgan fingerprint density at radius 2 is 2.00 bits per heavy atom. The minimum atomic E-state index is -0.405. The molecule has 0 saturated carbocycles. The van der Waals surface area contributed by atoms with Gasteiger partial charge in [0, 0.05) is 0 Å². The molecule has 0 amide bonds. The third-order valence-electron chi connectivity index (χ3n) is 1.49. The van der Waals surface area contributed by atoms with Gasteiger partial charge in [0.1, 0.15) is 6.61 Å². The fourth-order valence-corrected chi connectivity index (χ4v) is 0.866. The summed E-state index contributed by atoms with van der Waals surface area (Å²) in [6.45, 7) is -0.211. The number of aliphatic hydroxyl groups is 1. The largest absolute Gasteiger partial charge is 0.449 e. The molecule has 0 spiro atoms. The highest BCUT2D eigenvalue weighted by atomic mass is 16.5. The number of aliphatic hydroxyl groups excluding tert-OH is 1. The summed E-state index contributed by atoms with van der Waals surface area (Å²) < 4.78 is 4.81. The van der Waals surface area contributed by atoms with E-state index in [0.29, 0.717) is 5.56 Å². The SMILES string of the molecule is O=C(OCC#CCO)c1ccccc1. The highest BCUT2D eigenvalue weighted by Crippen LogP contribution is 2.00. The zero-order valence-electron chi connectivity index (χ0n) is 7.56. The van der Waals surface area contributed by atoms with Crippen LogP contribution in [0, 0.1) is 11.8 Å². The van der Waals surface area contributed by atoms with Gasteiger partial charge in [0.15, 0.2) is 6.61 Å². The van der Waals surface area contributed by atoms with E-state index in [1.165, 1.54) is 0 Å². The lowest BCUT2D eigenvalue weighted by atomic mass is 10.2. The standard InChI is InChI=1S/C11H10O3/c12-8-4-5-9-14-11(13)10-6-2-1-3-7-10/h1-3,6-7,12H,8-9H2. The predicted molar refractivity (Wildman–Crippen MR) is 51.6 cm³/mol. The molecule has 0 aliphatic heterocycles. The number of carbonyl (C=O) groups excluding carboxylic acids is 1. The van der Waals surface area contributed by atoms with Crippen LogP contribution in [0.3, 0.4) is 0 Å². The van der Waals surface area contributed by atoms with Crippen molar-refractivity contribution in [2.75, 3.05) is 13.2 Å². The van der Waals surface area contributed by atoms with Gasteiger partial charge in [-0.15, -0.1) is 0 Å². The number of carbonyl (C=O) groups is 1. The molecule has 0 aromatic heterocycles. The van der Waals surface area contributed by atoms with Crippen molar-refractivity contribution < 1.29 is 14.6 Å². The molecule has 0 radical (unpaired) electrons.